The van der Waals surface area contributed by atoms with Gasteiger partial charge in [-0.25, -0.2) is 19.2 Å². The number of benzene rings is 1. The average molecular weight is 399 g/mol. The first-order chi connectivity index (χ1) is 13.4. The van der Waals surface area contributed by atoms with Gasteiger partial charge in [-0.2, -0.15) is 0 Å². The maximum atomic E-state index is 14.9. The Hall–Kier alpha value is -3.19. The van der Waals surface area contributed by atoms with Crippen LogP contribution in [0.15, 0.2) is 42.9 Å². The number of ether oxygens (including phenoxy) is 1. The number of imidazole rings is 2. The van der Waals surface area contributed by atoms with Crippen molar-refractivity contribution >= 4 is 23.2 Å². The van der Waals surface area contributed by atoms with Crippen LogP contribution >= 0.6 is 11.6 Å². The number of hydrogen-bond donors (Lipinski definition) is 0. The third-order valence-electron chi connectivity index (χ3n) is 4.73. The maximum Gasteiger partial charge on any atom is 0.338 e. The first kappa shape index (κ1) is 18.2. The Morgan fingerprint density at radius 2 is 2.04 bits per heavy atom. The second kappa shape index (κ2) is 6.76. The van der Waals surface area contributed by atoms with Crippen LogP contribution in [0.2, 0.25) is 5.15 Å². The van der Waals surface area contributed by atoms with Crippen molar-refractivity contribution < 1.29 is 13.9 Å². The molecule has 0 N–H and O–H groups in total. The Kier molecular flexibility index (Phi) is 4.39. The lowest BCUT2D eigenvalue weighted by molar-refractivity contribution is 0.0600. The number of aryl methyl sites for hydroxylation is 1. The summed E-state index contributed by atoms with van der Waals surface area (Å²) in [5.41, 5.74) is 3.42. The van der Waals surface area contributed by atoms with Gasteiger partial charge in [-0.3, -0.25) is 4.40 Å². The molecule has 0 unspecified atom stereocenters. The van der Waals surface area contributed by atoms with Crippen LogP contribution in [0, 0.1) is 12.7 Å². The fourth-order valence-corrected chi connectivity index (χ4v) is 3.42. The highest BCUT2D eigenvalue weighted by atomic mass is 35.5. The van der Waals surface area contributed by atoms with Crippen molar-refractivity contribution in [3.8, 4) is 22.5 Å². The largest absolute Gasteiger partial charge is 0.465 e. The number of carbonyl (C=O) groups is 1. The van der Waals surface area contributed by atoms with E-state index in [9.17, 15) is 9.18 Å². The SMILES string of the molecule is COC(=O)c1ccn2c(Cl)c(-c3c(F)cccc3-c3ncn(C)c3C)nc2c1. The summed E-state index contributed by atoms with van der Waals surface area (Å²) in [5, 5.41) is 0.242. The molecule has 1 aromatic carbocycles. The van der Waals surface area contributed by atoms with E-state index < -0.39 is 11.8 Å². The number of esters is 1. The molecule has 8 heteroatoms. The number of carbonyl (C=O) groups excluding carboxylic acids is 1. The van der Waals surface area contributed by atoms with Crippen molar-refractivity contribution in [3.63, 3.8) is 0 Å². The van der Waals surface area contributed by atoms with Crippen LogP contribution in [0.1, 0.15) is 16.1 Å². The second-order valence-electron chi connectivity index (χ2n) is 6.34. The van der Waals surface area contributed by atoms with Crippen LogP contribution in [0.5, 0.6) is 0 Å². The summed E-state index contributed by atoms with van der Waals surface area (Å²) in [4.78, 5) is 20.7. The summed E-state index contributed by atoms with van der Waals surface area (Å²) in [5.74, 6) is -0.945. The molecule has 4 aromatic rings. The van der Waals surface area contributed by atoms with Gasteiger partial charge in [0.15, 0.2) is 0 Å². The van der Waals surface area contributed by atoms with Gasteiger partial charge in [0.1, 0.15) is 22.3 Å². The number of methoxy groups -OCH3 is 1. The minimum atomic E-state index is -0.487. The summed E-state index contributed by atoms with van der Waals surface area (Å²) in [6, 6.07) is 7.89. The molecule has 0 bridgehead atoms. The van der Waals surface area contributed by atoms with E-state index >= 15 is 0 Å². The second-order valence-corrected chi connectivity index (χ2v) is 6.70. The normalized spacial score (nSPS) is 11.2. The van der Waals surface area contributed by atoms with E-state index in [1.165, 1.54) is 13.2 Å². The molecule has 0 spiro atoms. The fraction of sp³-hybridized carbons (Fsp3) is 0.150. The third kappa shape index (κ3) is 2.75. The van der Waals surface area contributed by atoms with E-state index in [1.54, 1.807) is 41.2 Å². The third-order valence-corrected chi connectivity index (χ3v) is 5.09. The highest BCUT2D eigenvalue weighted by molar-refractivity contribution is 6.32. The minimum Gasteiger partial charge on any atom is -0.465 e. The molecule has 3 aromatic heterocycles. The van der Waals surface area contributed by atoms with Crippen LogP contribution < -0.4 is 0 Å². The van der Waals surface area contributed by atoms with Gasteiger partial charge in [0.25, 0.3) is 0 Å². The van der Waals surface area contributed by atoms with E-state index in [0.717, 1.165) is 5.69 Å². The van der Waals surface area contributed by atoms with Crippen LogP contribution in [-0.2, 0) is 11.8 Å². The highest BCUT2D eigenvalue weighted by Gasteiger charge is 2.22. The van der Waals surface area contributed by atoms with Crippen molar-refractivity contribution in [2.75, 3.05) is 7.11 Å². The molecule has 0 aliphatic carbocycles. The number of nitrogens with zero attached hydrogens (tertiary/aromatic N) is 4. The Morgan fingerprint density at radius 1 is 1.25 bits per heavy atom. The van der Waals surface area contributed by atoms with Gasteiger partial charge >= 0.3 is 5.97 Å². The molecular weight excluding hydrogens is 383 g/mol. The summed E-state index contributed by atoms with van der Waals surface area (Å²) in [6.45, 7) is 1.91. The summed E-state index contributed by atoms with van der Waals surface area (Å²) >= 11 is 6.53. The quantitative estimate of drug-likeness (QED) is 0.483. The molecule has 0 amide bonds. The number of rotatable bonds is 3. The van der Waals surface area contributed by atoms with Crippen molar-refractivity contribution in [2.45, 2.75) is 6.92 Å². The lowest BCUT2D eigenvalue weighted by atomic mass is 10.0. The number of pyridine rings is 1. The number of aromatic nitrogens is 4. The van der Waals surface area contributed by atoms with E-state index in [2.05, 4.69) is 9.97 Å². The molecule has 0 aliphatic heterocycles. The molecule has 0 atom stereocenters. The number of fused-ring (bicyclic) bond motifs is 1. The zero-order valence-electron chi connectivity index (χ0n) is 15.4. The van der Waals surface area contributed by atoms with Gasteiger partial charge in [0.2, 0.25) is 0 Å². The van der Waals surface area contributed by atoms with Gasteiger partial charge in [-0.1, -0.05) is 23.7 Å². The Bertz CT molecular complexity index is 1230. The van der Waals surface area contributed by atoms with Crippen molar-refractivity contribution in [2.24, 2.45) is 7.05 Å². The van der Waals surface area contributed by atoms with E-state index in [4.69, 9.17) is 16.3 Å². The van der Waals surface area contributed by atoms with Crippen LogP contribution in [0.3, 0.4) is 0 Å². The maximum absolute atomic E-state index is 14.9. The molecule has 28 heavy (non-hydrogen) atoms. The Labute approximate surface area is 165 Å². The van der Waals surface area contributed by atoms with Crippen LogP contribution in [0.4, 0.5) is 4.39 Å². The van der Waals surface area contributed by atoms with Gasteiger partial charge in [-0.05, 0) is 25.1 Å². The molecule has 142 valence electrons. The molecule has 6 nitrogen and oxygen atoms in total. The van der Waals surface area contributed by atoms with Gasteiger partial charge in [-0.15, -0.1) is 0 Å². The first-order valence-corrected chi connectivity index (χ1v) is 8.83. The van der Waals surface area contributed by atoms with Crippen molar-refractivity contribution in [1.29, 1.82) is 0 Å². The minimum absolute atomic E-state index is 0.242. The average Bonchev–Trinajstić information content (AvgIpc) is 3.20. The van der Waals surface area contributed by atoms with Crippen molar-refractivity contribution in [1.82, 2.24) is 18.9 Å². The lowest BCUT2D eigenvalue weighted by Crippen LogP contribution is -2.01. The van der Waals surface area contributed by atoms with Crippen LogP contribution in [0.25, 0.3) is 28.2 Å². The zero-order chi connectivity index (χ0) is 20.0. The van der Waals surface area contributed by atoms with E-state index in [1.807, 2.05) is 18.5 Å². The number of hydrogen-bond acceptors (Lipinski definition) is 4. The molecule has 0 saturated carbocycles. The van der Waals surface area contributed by atoms with Crippen molar-refractivity contribution in [3.05, 3.63) is 65.1 Å². The molecule has 0 saturated heterocycles. The molecule has 0 radical (unpaired) electrons. The Morgan fingerprint density at radius 3 is 2.71 bits per heavy atom. The molecular formula is C20H16ClFN4O2. The predicted octanol–water partition coefficient (Wildman–Crippen LogP) is 4.29. The van der Waals surface area contributed by atoms with E-state index in [-0.39, 0.29) is 16.4 Å². The molecule has 4 rings (SSSR count). The smallest absolute Gasteiger partial charge is 0.338 e. The number of halogens is 2. The summed E-state index contributed by atoms with van der Waals surface area (Å²) in [7, 11) is 3.17. The summed E-state index contributed by atoms with van der Waals surface area (Å²) in [6.07, 6.45) is 3.28. The highest BCUT2D eigenvalue weighted by Crippen LogP contribution is 2.38. The topological polar surface area (TPSA) is 61.4 Å². The van der Waals surface area contributed by atoms with Crippen LogP contribution in [-0.4, -0.2) is 32.0 Å². The fourth-order valence-electron chi connectivity index (χ4n) is 3.14. The molecule has 0 fully saturated rings. The predicted molar refractivity (Wildman–Crippen MR) is 104 cm³/mol. The molecule has 0 aliphatic rings. The first-order valence-electron chi connectivity index (χ1n) is 8.45. The lowest BCUT2D eigenvalue weighted by Gasteiger charge is -2.09. The van der Waals surface area contributed by atoms with Gasteiger partial charge < -0.3 is 9.30 Å². The molecule has 3 heterocycles. The van der Waals surface area contributed by atoms with Gasteiger partial charge in [0, 0.05) is 30.1 Å². The Balaban J connectivity index is 1.97. The zero-order valence-corrected chi connectivity index (χ0v) is 16.2. The standard InChI is InChI=1S/C20H16ClFN4O2/c1-11-17(23-10-25(11)2)13-5-4-6-14(22)16(13)18-19(21)26-8-7-12(20(27)28-3)9-15(26)24-18/h4-10H,1-3H3. The van der Waals surface area contributed by atoms with E-state index in [0.29, 0.717) is 22.5 Å². The summed E-state index contributed by atoms with van der Waals surface area (Å²) < 4.78 is 23.1. The monoisotopic (exact) mass is 398 g/mol. The van der Waals surface area contributed by atoms with Gasteiger partial charge in [0.05, 0.1) is 24.7 Å².